The van der Waals surface area contributed by atoms with Crippen LogP contribution in [0.15, 0.2) is 0 Å². The van der Waals surface area contributed by atoms with Crippen molar-refractivity contribution in [2.75, 3.05) is 26.2 Å². The molecule has 0 aromatic rings. The van der Waals surface area contributed by atoms with Gasteiger partial charge in [0, 0.05) is 0 Å². The third-order valence-electron chi connectivity index (χ3n) is 3.97. The van der Waals surface area contributed by atoms with Gasteiger partial charge in [-0.25, -0.2) is 9.69 Å². The molecule has 1 saturated carbocycles. The molecule has 2 N–H and O–H groups in total. The summed E-state index contributed by atoms with van der Waals surface area (Å²) in [5.74, 6) is -1.36. The Hall–Kier alpha value is -1.63. The topological polar surface area (TPSA) is 95.9 Å². The average molecular weight is 284 g/mol. The van der Waals surface area contributed by atoms with Crippen LogP contribution in [0.25, 0.3) is 0 Å². The average Bonchev–Trinajstić information content (AvgIpc) is 2.85. The number of imide groups is 1. The summed E-state index contributed by atoms with van der Waals surface area (Å²) in [6.07, 6.45) is 2.95. The zero-order valence-electron chi connectivity index (χ0n) is 11.3. The number of rotatable bonds is 5. The van der Waals surface area contributed by atoms with Crippen LogP contribution < -0.4 is 5.32 Å². The van der Waals surface area contributed by atoms with Crippen molar-refractivity contribution in [2.45, 2.75) is 25.7 Å². The van der Waals surface area contributed by atoms with Crippen LogP contribution in [0, 0.1) is 11.8 Å². The van der Waals surface area contributed by atoms with E-state index >= 15 is 0 Å². The van der Waals surface area contributed by atoms with Gasteiger partial charge in [-0.2, -0.15) is 0 Å². The van der Waals surface area contributed by atoms with Crippen LogP contribution in [-0.2, 0) is 14.3 Å². The Morgan fingerprint density at radius 2 is 2.10 bits per heavy atom. The highest BCUT2D eigenvalue weighted by atomic mass is 16.6. The van der Waals surface area contributed by atoms with Crippen LogP contribution in [0.5, 0.6) is 0 Å². The van der Waals surface area contributed by atoms with Crippen molar-refractivity contribution in [3.8, 4) is 0 Å². The number of ether oxygens (including phenoxy) is 1. The standard InChI is InChI=1S/C13H20N2O5/c16-11(15-5-6-20-13(15)19)8-14-7-9-3-1-2-4-10(9)12(17)18/h9-10,14H,1-8H2,(H,17,18). The van der Waals surface area contributed by atoms with Crippen LogP contribution >= 0.6 is 0 Å². The Kier molecular flexibility index (Phi) is 4.94. The Labute approximate surface area is 117 Å². The SMILES string of the molecule is O=C(O)C1CCCCC1CNCC(=O)N1CCOC1=O. The summed E-state index contributed by atoms with van der Waals surface area (Å²) in [7, 11) is 0. The zero-order valence-corrected chi connectivity index (χ0v) is 11.3. The number of aliphatic carboxylic acids is 1. The molecule has 112 valence electrons. The molecule has 1 aliphatic carbocycles. The Bertz CT molecular complexity index is 398. The van der Waals surface area contributed by atoms with Gasteiger partial charge >= 0.3 is 12.1 Å². The molecule has 0 bridgehead atoms. The normalized spacial score (nSPS) is 26.4. The van der Waals surface area contributed by atoms with E-state index < -0.39 is 12.1 Å². The maximum Gasteiger partial charge on any atom is 0.416 e. The fourth-order valence-electron chi connectivity index (χ4n) is 2.86. The van der Waals surface area contributed by atoms with Crippen LogP contribution in [0.4, 0.5) is 4.79 Å². The molecule has 0 radical (unpaired) electrons. The monoisotopic (exact) mass is 284 g/mol. The number of nitrogens with one attached hydrogen (secondary N) is 1. The van der Waals surface area contributed by atoms with E-state index in [0.717, 1.165) is 24.2 Å². The van der Waals surface area contributed by atoms with Gasteiger partial charge in [-0.1, -0.05) is 12.8 Å². The molecule has 1 aliphatic heterocycles. The first-order valence-electron chi connectivity index (χ1n) is 7.00. The minimum atomic E-state index is -0.758. The Morgan fingerprint density at radius 1 is 1.35 bits per heavy atom. The van der Waals surface area contributed by atoms with Crippen molar-refractivity contribution < 1.29 is 24.2 Å². The van der Waals surface area contributed by atoms with Gasteiger partial charge in [-0.3, -0.25) is 9.59 Å². The molecular formula is C13H20N2O5. The molecule has 7 nitrogen and oxygen atoms in total. The highest BCUT2D eigenvalue weighted by molar-refractivity contribution is 5.93. The third-order valence-corrected chi connectivity index (χ3v) is 3.97. The number of carboxylic acid groups (broad SMARTS) is 1. The molecular weight excluding hydrogens is 264 g/mol. The van der Waals surface area contributed by atoms with E-state index in [1.807, 2.05) is 0 Å². The summed E-state index contributed by atoms with van der Waals surface area (Å²) in [6, 6.07) is 0. The van der Waals surface area contributed by atoms with Crippen LogP contribution in [-0.4, -0.2) is 54.2 Å². The molecule has 7 heteroatoms. The van der Waals surface area contributed by atoms with Gasteiger partial charge < -0.3 is 15.2 Å². The smallest absolute Gasteiger partial charge is 0.416 e. The lowest BCUT2D eigenvalue weighted by Crippen LogP contribution is -2.41. The largest absolute Gasteiger partial charge is 0.481 e. The highest BCUT2D eigenvalue weighted by Crippen LogP contribution is 2.29. The van der Waals surface area contributed by atoms with Crippen molar-refractivity contribution in [3.63, 3.8) is 0 Å². The number of nitrogens with zero attached hydrogens (tertiary/aromatic N) is 1. The first-order chi connectivity index (χ1) is 9.59. The fourth-order valence-corrected chi connectivity index (χ4v) is 2.86. The lowest BCUT2D eigenvalue weighted by Gasteiger charge is -2.28. The van der Waals surface area contributed by atoms with Gasteiger partial charge in [0.05, 0.1) is 19.0 Å². The van der Waals surface area contributed by atoms with E-state index in [4.69, 9.17) is 9.84 Å². The third kappa shape index (κ3) is 3.47. The number of amides is 2. The molecule has 0 aromatic carbocycles. The summed E-state index contributed by atoms with van der Waals surface area (Å²) in [5.41, 5.74) is 0. The molecule has 20 heavy (non-hydrogen) atoms. The van der Waals surface area contributed by atoms with E-state index in [2.05, 4.69) is 5.32 Å². The van der Waals surface area contributed by atoms with E-state index in [0.29, 0.717) is 19.5 Å². The van der Waals surface area contributed by atoms with Crippen molar-refractivity contribution in [1.29, 1.82) is 0 Å². The molecule has 1 heterocycles. The van der Waals surface area contributed by atoms with Crippen molar-refractivity contribution in [2.24, 2.45) is 11.8 Å². The number of carbonyl (C=O) groups is 3. The summed E-state index contributed by atoms with van der Waals surface area (Å²) in [4.78, 5) is 35.2. The Morgan fingerprint density at radius 3 is 2.75 bits per heavy atom. The Balaban J connectivity index is 1.75. The molecule has 2 amide bonds. The minimum absolute atomic E-state index is 0.0396. The van der Waals surface area contributed by atoms with E-state index in [9.17, 15) is 14.4 Å². The second-order valence-corrected chi connectivity index (χ2v) is 5.28. The van der Waals surface area contributed by atoms with Crippen LogP contribution in [0.2, 0.25) is 0 Å². The lowest BCUT2D eigenvalue weighted by molar-refractivity contribution is -0.144. The predicted octanol–water partition coefficient (Wildman–Crippen LogP) is 0.446. The van der Waals surface area contributed by atoms with Crippen molar-refractivity contribution >= 4 is 18.0 Å². The lowest BCUT2D eigenvalue weighted by atomic mass is 9.79. The van der Waals surface area contributed by atoms with E-state index in [1.165, 1.54) is 0 Å². The van der Waals surface area contributed by atoms with Crippen LogP contribution in [0.1, 0.15) is 25.7 Å². The van der Waals surface area contributed by atoms with Gasteiger partial charge in [0.2, 0.25) is 5.91 Å². The molecule has 2 aliphatic rings. The molecule has 0 spiro atoms. The summed E-state index contributed by atoms with van der Waals surface area (Å²) >= 11 is 0. The second kappa shape index (κ2) is 6.69. The number of cyclic esters (lactones) is 1. The number of hydrogen-bond acceptors (Lipinski definition) is 5. The maximum atomic E-state index is 11.8. The quantitative estimate of drug-likeness (QED) is 0.761. The minimum Gasteiger partial charge on any atom is -0.481 e. The molecule has 1 saturated heterocycles. The van der Waals surface area contributed by atoms with Gasteiger partial charge in [0.25, 0.3) is 0 Å². The van der Waals surface area contributed by atoms with E-state index in [-0.39, 0.29) is 30.9 Å². The number of hydrogen-bond donors (Lipinski definition) is 2. The zero-order chi connectivity index (χ0) is 14.5. The van der Waals surface area contributed by atoms with Crippen molar-refractivity contribution in [1.82, 2.24) is 10.2 Å². The predicted molar refractivity (Wildman–Crippen MR) is 69.0 cm³/mol. The summed E-state index contributed by atoms with van der Waals surface area (Å²) in [6.45, 7) is 1.07. The van der Waals surface area contributed by atoms with Gasteiger partial charge in [-0.15, -0.1) is 0 Å². The van der Waals surface area contributed by atoms with Gasteiger partial charge in [0.15, 0.2) is 0 Å². The summed E-state index contributed by atoms with van der Waals surface area (Å²) < 4.78 is 4.69. The van der Waals surface area contributed by atoms with Crippen LogP contribution in [0.3, 0.4) is 0 Å². The number of carbonyl (C=O) groups excluding carboxylic acids is 2. The second-order valence-electron chi connectivity index (χ2n) is 5.28. The molecule has 2 rings (SSSR count). The fraction of sp³-hybridized carbons (Fsp3) is 0.769. The van der Waals surface area contributed by atoms with Gasteiger partial charge in [0.1, 0.15) is 6.61 Å². The first-order valence-corrected chi connectivity index (χ1v) is 7.00. The molecule has 0 aromatic heterocycles. The highest BCUT2D eigenvalue weighted by Gasteiger charge is 2.31. The first kappa shape index (κ1) is 14.8. The van der Waals surface area contributed by atoms with E-state index in [1.54, 1.807) is 0 Å². The number of carboxylic acids is 1. The summed E-state index contributed by atoms with van der Waals surface area (Å²) in [5, 5.41) is 12.1. The molecule has 2 atom stereocenters. The van der Waals surface area contributed by atoms with Gasteiger partial charge in [-0.05, 0) is 25.3 Å². The molecule has 2 unspecified atom stereocenters. The molecule has 2 fully saturated rings. The van der Waals surface area contributed by atoms with Crippen molar-refractivity contribution in [3.05, 3.63) is 0 Å². The maximum absolute atomic E-state index is 11.8.